The van der Waals surface area contributed by atoms with E-state index < -0.39 is 0 Å². The van der Waals surface area contributed by atoms with Gasteiger partial charge in [-0.15, -0.1) is 0 Å². The highest BCUT2D eigenvalue weighted by atomic mass is 16.5. The van der Waals surface area contributed by atoms with Gasteiger partial charge in [0.15, 0.2) is 6.61 Å². The lowest BCUT2D eigenvalue weighted by Gasteiger charge is -2.17. The summed E-state index contributed by atoms with van der Waals surface area (Å²) in [5.41, 5.74) is 4.44. The van der Waals surface area contributed by atoms with Crippen LogP contribution < -0.4 is 4.74 Å². The third-order valence-electron chi connectivity index (χ3n) is 4.73. The Morgan fingerprint density at radius 3 is 2.61 bits per heavy atom. The highest BCUT2D eigenvalue weighted by Crippen LogP contribution is 2.23. The maximum Gasteiger partial charge on any atom is 0.260 e. The van der Waals surface area contributed by atoms with E-state index in [0.717, 1.165) is 17.0 Å². The lowest BCUT2D eigenvalue weighted by molar-refractivity contribution is -0.132. The fraction of sp³-hybridized carbons (Fsp3) is 0.304. The lowest BCUT2D eigenvalue weighted by Crippen LogP contribution is -2.30. The van der Waals surface area contributed by atoms with Crippen molar-refractivity contribution in [2.45, 2.75) is 33.2 Å². The number of nitrogens with zero attached hydrogens (tertiary/aromatic N) is 3. The lowest BCUT2D eigenvalue weighted by atomic mass is 9.98. The van der Waals surface area contributed by atoms with Crippen LogP contribution in [0, 0.1) is 6.92 Å². The van der Waals surface area contributed by atoms with Crippen molar-refractivity contribution in [3.05, 3.63) is 77.6 Å². The van der Waals surface area contributed by atoms with Crippen molar-refractivity contribution in [1.29, 1.82) is 0 Å². The number of aryl methyl sites for hydroxylation is 1. The normalized spacial score (nSPS) is 10.9. The molecule has 0 saturated heterocycles. The first-order valence-electron chi connectivity index (χ1n) is 9.50. The van der Waals surface area contributed by atoms with Gasteiger partial charge >= 0.3 is 0 Å². The monoisotopic (exact) mass is 377 g/mol. The highest BCUT2D eigenvalue weighted by molar-refractivity contribution is 5.77. The number of hydrogen-bond donors (Lipinski definition) is 0. The number of carbonyl (C=O) groups excluding carboxylic acids is 1. The molecule has 0 saturated carbocycles. The summed E-state index contributed by atoms with van der Waals surface area (Å²) in [5.74, 6) is 1.12. The minimum atomic E-state index is -0.0712. The molecule has 0 aliphatic carbocycles. The van der Waals surface area contributed by atoms with E-state index in [2.05, 4.69) is 31.9 Å². The number of aromatic nitrogens is 2. The van der Waals surface area contributed by atoms with Gasteiger partial charge in [-0.05, 0) is 48.2 Å². The zero-order valence-corrected chi connectivity index (χ0v) is 16.9. The second-order valence-electron chi connectivity index (χ2n) is 7.34. The quantitative estimate of drug-likeness (QED) is 0.615. The van der Waals surface area contributed by atoms with Crippen LogP contribution in [0.3, 0.4) is 0 Å². The number of ether oxygens (including phenoxy) is 1. The Bertz CT molecular complexity index is 932. The van der Waals surface area contributed by atoms with Gasteiger partial charge in [0.25, 0.3) is 5.91 Å². The maximum absolute atomic E-state index is 12.4. The molecule has 0 N–H and O–H groups in total. The van der Waals surface area contributed by atoms with Crippen molar-refractivity contribution in [3.63, 3.8) is 0 Å². The molecule has 0 spiro atoms. The van der Waals surface area contributed by atoms with Gasteiger partial charge in [0, 0.05) is 25.4 Å². The molecule has 3 rings (SSSR count). The van der Waals surface area contributed by atoms with Crippen LogP contribution in [-0.4, -0.2) is 34.2 Å². The summed E-state index contributed by atoms with van der Waals surface area (Å²) >= 11 is 0. The number of amides is 1. The average molecular weight is 377 g/mol. The van der Waals surface area contributed by atoms with Crippen molar-refractivity contribution in [2.75, 3.05) is 13.7 Å². The Balaban J connectivity index is 1.55. The first kappa shape index (κ1) is 19.7. The molecule has 0 aliphatic heterocycles. The summed E-state index contributed by atoms with van der Waals surface area (Å²) in [6.45, 7) is 6.91. The number of rotatable bonds is 7. The summed E-state index contributed by atoms with van der Waals surface area (Å²) in [5, 5.41) is 4.37. The Morgan fingerprint density at radius 1 is 1.18 bits per heavy atom. The molecule has 0 bridgehead atoms. The van der Waals surface area contributed by atoms with Crippen LogP contribution in [0.1, 0.15) is 36.5 Å². The SMILES string of the molecule is Cc1cc(OCC(=O)N(C)Cc2cnn(-c3ccccc3)c2)ccc1C(C)C. The third kappa shape index (κ3) is 4.80. The molecule has 0 unspecified atom stereocenters. The molecular formula is C23H27N3O2. The van der Waals surface area contributed by atoms with Crippen LogP contribution in [0.15, 0.2) is 60.9 Å². The van der Waals surface area contributed by atoms with Crippen molar-refractivity contribution in [2.24, 2.45) is 0 Å². The Labute approximate surface area is 166 Å². The van der Waals surface area contributed by atoms with E-state index in [1.165, 1.54) is 11.1 Å². The average Bonchev–Trinajstić information content (AvgIpc) is 3.15. The number of para-hydroxylation sites is 1. The van der Waals surface area contributed by atoms with Crippen molar-refractivity contribution >= 4 is 5.91 Å². The van der Waals surface area contributed by atoms with Gasteiger partial charge in [-0.25, -0.2) is 4.68 Å². The zero-order valence-electron chi connectivity index (χ0n) is 16.9. The molecule has 0 fully saturated rings. The van der Waals surface area contributed by atoms with Crippen LogP contribution in [-0.2, 0) is 11.3 Å². The summed E-state index contributed by atoms with van der Waals surface area (Å²) in [7, 11) is 1.78. The molecule has 5 nitrogen and oxygen atoms in total. The summed E-state index contributed by atoms with van der Waals surface area (Å²) in [4.78, 5) is 14.1. The van der Waals surface area contributed by atoms with Crippen molar-refractivity contribution < 1.29 is 9.53 Å². The fourth-order valence-corrected chi connectivity index (χ4v) is 3.17. The number of likely N-dealkylation sites (N-methyl/N-ethyl adjacent to an activating group) is 1. The minimum absolute atomic E-state index is 0.0176. The second kappa shape index (κ2) is 8.74. The van der Waals surface area contributed by atoms with Gasteiger partial charge in [-0.1, -0.05) is 38.1 Å². The van der Waals surface area contributed by atoms with E-state index in [1.807, 2.05) is 53.3 Å². The Hall–Kier alpha value is -3.08. The van der Waals surface area contributed by atoms with Crippen molar-refractivity contribution in [1.82, 2.24) is 14.7 Å². The summed E-state index contributed by atoms with van der Waals surface area (Å²) in [6.07, 6.45) is 3.72. The second-order valence-corrected chi connectivity index (χ2v) is 7.34. The molecule has 1 amide bonds. The maximum atomic E-state index is 12.4. The van der Waals surface area contributed by atoms with Gasteiger partial charge in [-0.2, -0.15) is 5.10 Å². The van der Waals surface area contributed by atoms with E-state index in [4.69, 9.17) is 4.74 Å². The standard InChI is InChI=1S/C23H27N3O2/c1-17(2)22-11-10-21(12-18(22)3)28-16-23(27)25(4)14-19-13-24-26(15-19)20-8-6-5-7-9-20/h5-13,15,17H,14,16H2,1-4H3. The Kier molecular flexibility index (Phi) is 6.14. The first-order valence-corrected chi connectivity index (χ1v) is 9.50. The molecule has 0 atom stereocenters. The van der Waals surface area contributed by atoms with Gasteiger partial charge in [0.1, 0.15) is 5.75 Å². The molecule has 146 valence electrons. The molecule has 5 heteroatoms. The van der Waals surface area contributed by atoms with Crippen LogP contribution in [0.4, 0.5) is 0 Å². The molecule has 2 aromatic carbocycles. The topological polar surface area (TPSA) is 47.4 Å². The van der Waals surface area contributed by atoms with Gasteiger partial charge in [0.2, 0.25) is 0 Å². The fourth-order valence-electron chi connectivity index (χ4n) is 3.17. The molecule has 1 heterocycles. The minimum Gasteiger partial charge on any atom is -0.484 e. The van der Waals surface area contributed by atoms with E-state index in [-0.39, 0.29) is 12.5 Å². The van der Waals surface area contributed by atoms with Gasteiger partial charge < -0.3 is 9.64 Å². The molecule has 1 aromatic heterocycles. The van der Waals surface area contributed by atoms with E-state index in [0.29, 0.717) is 12.5 Å². The van der Waals surface area contributed by atoms with Crippen LogP contribution in [0.5, 0.6) is 5.75 Å². The van der Waals surface area contributed by atoms with Crippen LogP contribution >= 0.6 is 0 Å². The van der Waals surface area contributed by atoms with E-state index >= 15 is 0 Å². The molecule has 3 aromatic rings. The zero-order chi connectivity index (χ0) is 20.1. The largest absolute Gasteiger partial charge is 0.484 e. The first-order chi connectivity index (χ1) is 13.4. The molecular weight excluding hydrogens is 350 g/mol. The summed E-state index contributed by atoms with van der Waals surface area (Å²) < 4.78 is 7.51. The van der Waals surface area contributed by atoms with E-state index in [1.54, 1.807) is 18.1 Å². The number of carbonyl (C=O) groups is 1. The van der Waals surface area contributed by atoms with Crippen LogP contribution in [0.25, 0.3) is 5.69 Å². The molecule has 0 aliphatic rings. The third-order valence-corrected chi connectivity index (χ3v) is 4.73. The predicted octanol–water partition coefficient (Wildman–Crippen LogP) is 4.34. The Morgan fingerprint density at radius 2 is 1.93 bits per heavy atom. The molecule has 0 radical (unpaired) electrons. The van der Waals surface area contributed by atoms with Crippen molar-refractivity contribution in [3.8, 4) is 11.4 Å². The summed E-state index contributed by atoms with van der Waals surface area (Å²) in [6, 6.07) is 15.9. The number of benzene rings is 2. The predicted molar refractivity (Wildman–Crippen MR) is 111 cm³/mol. The molecule has 28 heavy (non-hydrogen) atoms. The smallest absolute Gasteiger partial charge is 0.260 e. The van der Waals surface area contributed by atoms with Crippen LogP contribution in [0.2, 0.25) is 0 Å². The number of hydrogen-bond acceptors (Lipinski definition) is 3. The highest BCUT2D eigenvalue weighted by Gasteiger charge is 2.12. The van der Waals surface area contributed by atoms with E-state index in [9.17, 15) is 4.79 Å². The van der Waals surface area contributed by atoms with Gasteiger partial charge in [-0.3, -0.25) is 4.79 Å². The van der Waals surface area contributed by atoms with Gasteiger partial charge in [0.05, 0.1) is 11.9 Å².